The van der Waals surface area contributed by atoms with Crippen molar-refractivity contribution < 1.29 is 18.7 Å². The minimum atomic E-state index is -0.494. The number of hydrogen-bond acceptors (Lipinski definition) is 6. The smallest absolute Gasteiger partial charge is 0.336 e. The molecule has 0 N–H and O–H groups in total. The van der Waals surface area contributed by atoms with Crippen molar-refractivity contribution in [2.75, 3.05) is 12.9 Å². The molecule has 0 saturated carbocycles. The molecule has 3 rings (SSSR count). The van der Waals surface area contributed by atoms with E-state index in [1.165, 1.54) is 24.9 Å². The Morgan fingerprint density at radius 2 is 1.96 bits per heavy atom. The molecule has 0 aliphatic heterocycles. The van der Waals surface area contributed by atoms with Crippen molar-refractivity contribution in [2.24, 2.45) is 0 Å². The summed E-state index contributed by atoms with van der Waals surface area (Å²) in [6, 6.07) is 14.4. The van der Waals surface area contributed by atoms with Crippen LogP contribution in [0.3, 0.4) is 0 Å². The Morgan fingerprint density at radius 1 is 1.15 bits per heavy atom. The fraction of sp³-hybridized carbons (Fsp3) is 0.200. The molecule has 0 unspecified atom stereocenters. The lowest BCUT2D eigenvalue weighted by Gasteiger charge is -2.09. The van der Waals surface area contributed by atoms with Crippen molar-refractivity contribution in [1.82, 2.24) is 0 Å². The van der Waals surface area contributed by atoms with Crippen LogP contribution < -0.4 is 10.4 Å². The van der Waals surface area contributed by atoms with E-state index in [0.29, 0.717) is 22.3 Å². The zero-order chi connectivity index (χ0) is 18.5. The minimum absolute atomic E-state index is 0.0155. The molecule has 0 aliphatic rings. The maximum absolute atomic E-state index is 12.1. The summed E-state index contributed by atoms with van der Waals surface area (Å²) in [6.45, 7) is 2.01. The highest BCUT2D eigenvalue weighted by molar-refractivity contribution is 8.00. The molecule has 26 heavy (non-hydrogen) atoms. The third-order valence-corrected chi connectivity index (χ3v) is 5.01. The van der Waals surface area contributed by atoms with E-state index in [1.807, 2.05) is 31.2 Å². The molecule has 0 atom stereocenters. The normalized spacial score (nSPS) is 10.7. The third kappa shape index (κ3) is 4.26. The van der Waals surface area contributed by atoms with Crippen LogP contribution in [0.4, 0.5) is 0 Å². The van der Waals surface area contributed by atoms with Gasteiger partial charge in [0.25, 0.3) is 0 Å². The van der Waals surface area contributed by atoms with Crippen LogP contribution in [0.1, 0.15) is 11.1 Å². The van der Waals surface area contributed by atoms with E-state index in [4.69, 9.17) is 13.9 Å². The van der Waals surface area contributed by atoms with E-state index >= 15 is 0 Å². The number of carbonyl (C=O) groups is 1. The highest BCUT2D eigenvalue weighted by atomic mass is 32.2. The average molecular weight is 370 g/mol. The van der Waals surface area contributed by atoms with Gasteiger partial charge in [0.05, 0.1) is 12.9 Å². The predicted molar refractivity (Wildman–Crippen MR) is 101 cm³/mol. The summed E-state index contributed by atoms with van der Waals surface area (Å²) >= 11 is 1.43. The van der Waals surface area contributed by atoms with Crippen molar-refractivity contribution in [2.45, 2.75) is 18.4 Å². The number of aryl methyl sites for hydroxylation is 1. The molecule has 3 aromatic rings. The molecule has 0 fully saturated rings. The van der Waals surface area contributed by atoms with Crippen LogP contribution in [0.5, 0.6) is 5.75 Å². The molecule has 134 valence electrons. The molecule has 1 heterocycles. The van der Waals surface area contributed by atoms with Gasteiger partial charge in [0.1, 0.15) is 17.9 Å². The van der Waals surface area contributed by atoms with Gasteiger partial charge in [0.15, 0.2) is 0 Å². The van der Waals surface area contributed by atoms with Crippen LogP contribution in [-0.4, -0.2) is 18.8 Å². The first-order chi connectivity index (χ1) is 12.6. The molecular formula is C20H18O5S. The average Bonchev–Trinajstić information content (AvgIpc) is 2.64. The Bertz CT molecular complexity index is 993. The number of esters is 1. The maximum atomic E-state index is 12.1. The predicted octanol–water partition coefficient (Wildman–Crippen LogP) is 3.95. The molecule has 6 heteroatoms. The number of thioether (sulfide) groups is 1. The van der Waals surface area contributed by atoms with Crippen LogP contribution in [0, 0.1) is 6.92 Å². The first-order valence-corrected chi connectivity index (χ1v) is 9.00. The number of rotatable bonds is 6. The summed E-state index contributed by atoms with van der Waals surface area (Å²) in [7, 11) is 1.54. The highest BCUT2D eigenvalue weighted by Gasteiger charge is 2.11. The monoisotopic (exact) mass is 370 g/mol. The van der Waals surface area contributed by atoms with E-state index in [9.17, 15) is 9.59 Å². The molecular weight excluding hydrogens is 352 g/mol. The van der Waals surface area contributed by atoms with Gasteiger partial charge < -0.3 is 13.9 Å². The zero-order valence-corrected chi connectivity index (χ0v) is 15.3. The zero-order valence-electron chi connectivity index (χ0n) is 14.5. The third-order valence-electron chi connectivity index (χ3n) is 3.87. The molecule has 0 radical (unpaired) electrons. The van der Waals surface area contributed by atoms with Crippen LogP contribution in [0.25, 0.3) is 11.0 Å². The van der Waals surface area contributed by atoms with Gasteiger partial charge in [-0.25, -0.2) is 4.79 Å². The SMILES string of the molecule is COc1ccc2c(COC(=O)CSc3ccccc3C)cc(=O)oc2c1. The lowest BCUT2D eigenvalue weighted by molar-refractivity contribution is -0.141. The number of hydrogen-bond donors (Lipinski definition) is 0. The van der Waals surface area contributed by atoms with Gasteiger partial charge in [-0.15, -0.1) is 11.8 Å². The molecule has 0 spiro atoms. The van der Waals surface area contributed by atoms with E-state index in [1.54, 1.807) is 18.2 Å². The van der Waals surface area contributed by atoms with Crippen molar-refractivity contribution in [1.29, 1.82) is 0 Å². The Kier molecular flexibility index (Phi) is 5.63. The Morgan fingerprint density at radius 3 is 2.73 bits per heavy atom. The summed E-state index contributed by atoms with van der Waals surface area (Å²) in [5.74, 6) is 0.454. The molecule has 2 aromatic carbocycles. The van der Waals surface area contributed by atoms with Crippen molar-refractivity contribution in [3.05, 3.63) is 70.1 Å². The Labute approximate surface area is 154 Å². The summed E-state index contributed by atoms with van der Waals surface area (Å²) in [6.07, 6.45) is 0. The van der Waals surface area contributed by atoms with Crippen molar-refractivity contribution in [3.63, 3.8) is 0 Å². The molecule has 1 aromatic heterocycles. The fourth-order valence-corrected chi connectivity index (χ4v) is 3.34. The van der Waals surface area contributed by atoms with E-state index in [2.05, 4.69) is 0 Å². The number of benzene rings is 2. The van der Waals surface area contributed by atoms with Crippen molar-refractivity contribution >= 4 is 28.7 Å². The fourth-order valence-electron chi connectivity index (χ4n) is 2.51. The Balaban J connectivity index is 1.68. The second kappa shape index (κ2) is 8.10. The van der Waals surface area contributed by atoms with Gasteiger partial charge in [0, 0.05) is 28.0 Å². The Hall–Kier alpha value is -2.73. The first kappa shape index (κ1) is 18.1. The van der Waals surface area contributed by atoms with Crippen LogP contribution in [0.15, 0.2) is 62.6 Å². The van der Waals surface area contributed by atoms with Gasteiger partial charge >= 0.3 is 11.6 Å². The molecule has 0 amide bonds. The first-order valence-electron chi connectivity index (χ1n) is 8.01. The summed E-state index contributed by atoms with van der Waals surface area (Å²) in [4.78, 5) is 24.8. The van der Waals surface area contributed by atoms with Crippen LogP contribution >= 0.6 is 11.8 Å². The van der Waals surface area contributed by atoms with Crippen LogP contribution in [-0.2, 0) is 16.1 Å². The van der Waals surface area contributed by atoms with Gasteiger partial charge in [-0.3, -0.25) is 4.79 Å². The van der Waals surface area contributed by atoms with Crippen molar-refractivity contribution in [3.8, 4) is 5.75 Å². The molecule has 0 bridgehead atoms. The van der Waals surface area contributed by atoms with Gasteiger partial charge in [-0.1, -0.05) is 18.2 Å². The number of methoxy groups -OCH3 is 1. The molecule has 5 nitrogen and oxygen atoms in total. The van der Waals surface area contributed by atoms with Gasteiger partial charge in [-0.05, 0) is 30.7 Å². The van der Waals surface area contributed by atoms with E-state index in [-0.39, 0.29) is 18.3 Å². The molecule has 0 saturated heterocycles. The second-order valence-corrected chi connectivity index (χ2v) is 6.68. The maximum Gasteiger partial charge on any atom is 0.336 e. The minimum Gasteiger partial charge on any atom is -0.497 e. The van der Waals surface area contributed by atoms with Gasteiger partial charge in [-0.2, -0.15) is 0 Å². The van der Waals surface area contributed by atoms with E-state index in [0.717, 1.165) is 10.5 Å². The van der Waals surface area contributed by atoms with Gasteiger partial charge in [0.2, 0.25) is 0 Å². The van der Waals surface area contributed by atoms with E-state index < -0.39 is 5.63 Å². The molecule has 0 aliphatic carbocycles. The lowest BCUT2D eigenvalue weighted by atomic mass is 10.1. The number of ether oxygens (including phenoxy) is 2. The quantitative estimate of drug-likeness (QED) is 0.372. The highest BCUT2D eigenvalue weighted by Crippen LogP contribution is 2.24. The standard InChI is InChI=1S/C20H18O5S/c1-13-5-3-4-6-18(13)26-12-20(22)24-11-14-9-19(21)25-17-10-15(23-2)7-8-16(14)17/h3-10H,11-12H2,1-2H3. The lowest BCUT2D eigenvalue weighted by Crippen LogP contribution is -2.09. The summed E-state index contributed by atoms with van der Waals surface area (Å²) < 4.78 is 15.7. The largest absolute Gasteiger partial charge is 0.497 e. The second-order valence-electron chi connectivity index (χ2n) is 5.67. The summed E-state index contributed by atoms with van der Waals surface area (Å²) in [5.41, 5.74) is 1.63. The number of fused-ring (bicyclic) bond motifs is 1. The topological polar surface area (TPSA) is 65.7 Å². The number of carbonyl (C=O) groups excluding carboxylic acids is 1. The van der Waals surface area contributed by atoms with Crippen LogP contribution in [0.2, 0.25) is 0 Å². The summed E-state index contributed by atoms with van der Waals surface area (Å²) in [5, 5.41) is 0.713.